The molecule has 0 spiro atoms. The summed E-state index contributed by atoms with van der Waals surface area (Å²) in [5.74, 6) is -0.262. The molecule has 0 atom stereocenters. The second kappa shape index (κ2) is 6.09. The molecule has 2 aromatic heterocycles. The lowest BCUT2D eigenvalue weighted by molar-refractivity contribution is 0.00726. The van der Waals surface area contributed by atoms with E-state index in [0.717, 1.165) is 21.9 Å². The van der Waals surface area contributed by atoms with Gasteiger partial charge in [0.15, 0.2) is 0 Å². The van der Waals surface area contributed by atoms with E-state index in [2.05, 4.69) is 10.3 Å². The van der Waals surface area contributed by atoms with Crippen molar-refractivity contribution >= 4 is 28.1 Å². The van der Waals surface area contributed by atoms with Gasteiger partial charge in [-0.25, -0.2) is 4.79 Å². The van der Waals surface area contributed by atoms with Gasteiger partial charge in [-0.15, -0.1) is 5.10 Å². The van der Waals surface area contributed by atoms with Crippen LogP contribution < -0.4 is 5.73 Å². The quantitative estimate of drug-likeness (QED) is 0.545. The number of hydrogen-bond donors (Lipinski definition) is 1. The normalized spacial score (nSPS) is 11.8. The van der Waals surface area contributed by atoms with Gasteiger partial charge < -0.3 is 10.5 Å². The van der Waals surface area contributed by atoms with Gasteiger partial charge in [0.1, 0.15) is 28.2 Å². The standard InChI is InChI=1S/C21H20N4O2/c1-21(2,3)27-20(26)16-14-11-7-8-12-15(14)18-17(13-9-5-4-6-10-13)23-24-25(18)19(16)22/h4-12H,22H2,1-3H3. The summed E-state index contributed by atoms with van der Waals surface area (Å²) in [6, 6.07) is 17.4. The number of nitrogen functional groups attached to an aromatic ring is 1. The molecule has 136 valence electrons. The first-order valence-electron chi connectivity index (χ1n) is 8.71. The Kier molecular flexibility index (Phi) is 3.84. The number of ether oxygens (including phenoxy) is 1. The molecule has 6 nitrogen and oxygen atoms in total. The number of benzene rings is 2. The molecule has 0 saturated carbocycles. The highest BCUT2D eigenvalue weighted by Gasteiger charge is 2.26. The van der Waals surface area contributed by atoms with Crippen LogP contribution in [-0.4, -0.2) is 26.4 Å². The molecule has 0 aliphatic rings. The van der Waals surface area contributed by atoms with Gasteiger partial charge in [0, 0.05) is 16.3 Å². The summed E-state index contributed by atoms with van der Waals surface area (Å²) in [6.07, 6.45) is 0. The summed E-state index contributed by atoms with van der Waals surface area (Å²) >= 11 is 0. The van der Waals surface area contributed by atoms with Crippen molar-refractivity contribution in [3.05, 3.63) is 60.2 Å². The molecule has 2 heterocycles. The van der Waals surface area contributed by atoms with Gasteiger partial charge >= 0.3 is 5.97 Å². The number of fused-ring (bicyclic) bond motifs is 3. The second-order valence-corrected chi connectivity index (χ2v) is 7.37. The highest BCUT2D eigenvalue weighted by Crippen LogP contribution is 2.34. The maximum Gasteiger partial charge on any atom is 0.343 e. The number of hydrogen-bond acceptors (Lipinski definition) is 5. The molecule has 0 aliphatic carbocycles. The van der Waals surface area contributed by atoms with Crippen molar-refractivity contribution in [1.29, 1.82) is 0 Å². The number of esters is 1. The Morgan fingerprint density at radius 3 is 2.30 bits per heavy atom. The predicted molar refractivity (Wildman–Crippen MR) is 106 cm³/mol. The molecule has 0 radical (unpaired) electrons. The van der Waals surface area contributed by atoms with Gasteiger partial charge in [-0.05, 0) is 20.8 Å². The minimum Gasteiger partial charge on any atom is -0.456 e. The maximum absolute atomic E-state index is 12.9. The molecular weight excluding hydrogens is 340 g/mol. The second-order valence-electron chi connectivity index (χ2n) is 7.37. The van der Waals surface area contributed by atoms with Gasteiger partial charge in [0.25, 0.3) is 0 Å². The molecule has 2 N–H and O–H groups in total. The number of nitrogens with zero attached hydrogens (tertiary/aromatic N) is 3. The molecular formula is C21H20N4O2. The number of anilines is 1. The van der Waals surface area contributed by atoms with Crippen molar-refractivity contribution in [2.45, 2.75) is 26.4 Å². The molecule has 6 heteroatoms. The molecule has 0 saturated heterocycles. The Morgan fingerprint density at radius 1 is 1.00 bits per heavy atom. The van der Waals surface area contributed by atoms with Crippen LogP contribution in [0.4, 0.5) is 5.82 Å². The zero-order chi connectivity index (χ0) is 19.2. The minimum absolute atomic E-state index is 0.215. The molecule has 0 amide bonds. The SMILES string of the molecule is CC(C)(C)OC(=O)c1c(N)n2nnc(-c3ccccc3)c2c2ccccc12. The largest absolute Gasteiger partial charge is 0.456 e. The number of aromatic nitrogens is 3. The van der Waals surface area contributed by atoms with E-state index in [1.807, 2.05) is 75.4 Å². The van der Waals surface area contributed by atoms with Crippen molar-refractivity contribution in [3.8, 4) is 11.3 Å². The highest BCUT2D eigenvalue weighted by atomic mass is 16.6. The van der Waals surface area contributed by atoms with Gasteiger partial charge in [-0.2, -0.15) is 4.52 Å². The lowest BCUT2D eigenvalue weighted by Crippen LogP contribution is -2.25. The van der Waals surface area contributed by atoms with Crippen LogP contribution in [0, 0.1) is 0 Å². The van der Waals surface area contributed by atoms with Crippen LogP contribution in [0.5, 0.6) is 0 Å². The van der Waals surface area contributed by atoms with E-state index in [1.165, 1.54) is 4.52 Å². The summed E-state index contributed by atoms with van der Waals surface area (Å²) in [6.45, 7) is 5.47. The van der Waals surface area contributed by atoms with Crippen molar-refractivity contribution < 1.29 is 9.53 Å². The number of pyridine rings is 1. The Labute approximate surface area is 156 Å². The highest BCUT2D eigenvalue weighted by molar-refractivity contribution is 6.14. The van der Waals surface area contributed by atoms with E-state index in [0.29, 0.717) is 11.3 Å². The fourth-order valence-corrected chi connectivity index (χ4v) is 3.18. The summed E-state index contributed by atoms with van der Waals surface area (Å²) in [4.78, 5) is 12.9. The monoisotopic (exact) mass is 360 g/mol. The maximum atomic E-state index is 12.9. The smallest absolute Gasteiger partial charge is 0.343 e. The molecule has 2 aromatic carbocycles. The van der Waals surface area contributed by atoms with Crippen LogP contribution in [0.3, 0.4) is 0 Å². The Balaban J connectivity index is 2.05. The molecule has 0 bridgehead atoms. The fourth-order valence-electron chi connectivity index (χ4n) is 3.18. The zero-order valence-electron chi connectivity index (χ0n) is 15.4. The zero-order valence-corrected chi connectivity index (χ0v) is 15.4. The van der Waals surface area contributed by atoms with Crippen LogP contribution in [0.2, 0.25) is 0 Å². The van der Waals surface area contributed by atoms with Crippen molar-refractivity contribution in [2.24, 2.45) is 0 Å². The van der Waals surface area contributed by atoms with E-state index in [-0.39, 0.29) is 5.82 Å². The first kappa shape index (κ1) is 17.0. The van der Waals surface area contributed by atoms with Gasteiger partial charge in [0.2, 0.25) is 0 Å². The topological polar surface area (TPSA) is 82.5 Å². The van der Waals surface area contributed by atoms with Crippen molar-refractivity contribution in [3.63, 3.8) is 0 Å². The first-order chi connectivity index (χ1) is 12.9. The van der Waals surface area contributed by atoms with Crippen LogP contribution in [0.25, 0.3) is 27.5 Å². The predicted octanol–water partition coefficient (Wildman–Crippen LogP) is 4.09. The summed E-state index contributed by atoms with van der Waals surface area (Å²) in [7, 11) is 0. The van der Waals surface area contributed by atoms with E-state index in [4.69, 9.17) is 10.5 Å². The van der Waals surface area contributed by atoms with Gasteiger partial charge in [-0.3, -0.25) is 0 Å². The Bertz CT molecular complexity index is 1160. The summed E-state index contributed by atoms with van der Waals surface area (Å²) < 4.78 is 7.09. The lowest BCUT2D eigenvalue weighted by Gasteiger charge is -2.21. The number of nitrogens with two attached hydrogens (primary N) is 1. The molecule has 4 rings (SSSR count). The first-order valence-corrected chi connectivity index (χ1v) is 8.71. The summed E-state index contributed by atoms with van der Waals surface area (Å²) in [5, 5.41) is 10.1. The van der Waals surface area contributed by atoms with Crippen molar-refractivity contribution in [1.82, 2.24) is 14.8 Å². The number of carbonyl (C=O) groups excluding carboxylic acids is 1. The van der Waals surface area contributed by atoms with E-state index in [9.17, 15) is 4.79 Å². The van der Waals surface area contributed by atoms with Gasteiger partial charge in [0.05, 0.1) is 0 Å². The van der Waals surface area contributed by atoms with Gasteiger partial charge in [-0.1, -0.05) is 59.8 Å². The van der Waals surface area contributed by atoms with E-state index >= 15 is 0 Å². The third-order valence-electron chi connectivity index (χ3n) is 4.26. The lowest BCUT2D eigenvalue weighted by atomic mass is 10.0. The van der Waals surface area contributed by atoms with Crippen LogP contribution >= 0.6 is 0 Å². The van der Waals surface area contributed by atoms with Crippen LogP contribution in [0.15, 0.2) is 54.6 Å². The van der Waals surface area contributed by atoms with E-state index < -0.39 is 11.6 Å². The summed E-state index contributed by atoms with van der Waals surface area (Å²) in [5.41, 5.74) is 8.45. The third-order valence-corrected chi connectivity index (χ3v) is 4.26. The molecule has 0 unspecified atom stereocenters. The molecule has 27 heavy (non-hydrogen) atoms. The third kappa shape index (κ3) is 2.89. The van der Waals surface area contributed by atoms with Crippen LogP contribution in [0.1, 0.15) is 31.1 Å². The Hall–Kier alpha value is -3.41. The molecule has 0 fully saturated rings. The van der Waals surface area contributed by atoms with Crippen LogP contribution in [-0.2, 0) is 4.74 Å². The fraction of sp³-hybridized carbons (Fsp3) is 0.190. The number of carbonyl (C=O) groups is 1. The molecule has 0 aliphatic heterocycles. The average Bonchev–Trinajstić information content (AvgIpc) is 3.07. The van der Waals surface area contributed by atoms with Crippen molar-refractivity contribution in [2.75, 3.05) is 5.73 Å². The average molecular weight is 360 g/mol. The van der Waals surface area contributed by atoms with E-state index in [1.54, 1.807) is 0 Å². The minimum atomic E-state index is -0.628. The Morgan fingerprint density at radius 2 is 1.63 bits per heavy atom. The molecule has 4 aromatic rings. The number of rotatable bonds is 2.